The molecule has 0 atom stereocenters. The van der Waals surface area contributed by atoms with E-state index in [9.17, 15) is 13.5 Å². The topological polar surface area (TPSA) is 57.6 Å². The van der Waals surface area contributed by atoms with E-state index in [4.69, 9.17) is 0 Å². The first kappa shape index (κ1) is 16.1. The minimum atomic E-state index is -3.47. The normalized spacial score (nSPS) is 12.1. The zero-order chi connectivity index (χ0) is 14.6. The summed E-state index contributed by atoms with van der Waals surface area (Å²) < 4.78 is 26.4. The molecule has 0 fully saturated rings. The Hall–Kier alpha value is -0.910. The van der Waals surface area contributed by atoms with E-state index in [1.807, 2.05) is 19.9 Å². The van der Waals surface area contributed by atoms with Crippen LogP contribution in [0.5, 0.6) is 0 Å². The first-order valence-corrected chi connectivity index (χ1v) is 7.96. The molecule has 1 aromatic carbocycles. The minimum Gasteiger partial charge on any atom is -0.392 e. The molecule has 0 saturated carbocycles. The van der Waals surface area contributed by atoms with Crippen LogP contribution in [-0.2, 0) is 16.6 Å². The predicted molar refractivity (Wildman–Crippen MR) is 76.6 cm³/mol. The first-order chi connectivity index (χ1) is 8.84. The highest BCUT2D eigenvalue weighted by molar-refractivity contribution is 7.89. The van der Waals surface area contributed by atoms with Gasteiger partial charge in [-0.05, 0) is 43.0 Å². The van der Waals surface area contributed by atoms with Crippen LogP contribution in [0.15, 0.2) is 17.0 Å². The van der Waals surface area contributed by atoms with Gasteiger partial charge in [0.1, 0.15) is 0 Å². The van der Waals surface area contributed by atoms with E-state index >= 15 is 0 Å². The van der Waals surface area contributed by atoms with Crippen LogP contribution in [0.4, 0.5) is 0 Å². The van der Waals surface area contributed by atoms with Crippen LogP contribution in [0.1, 0.15) is 36.5 Å². The average Bonchev–Trinajstić information content (AvgIpc) is 2.38. The van der Waals surface area contributed by atoms with E-state index in [1.54, 1.807) is 20.0 Å². The number of hydrogen-bond donors (Lipinski definition) is 1. The third-order valence-electron chi connectivity index (χ3n) is 3.38. The monoisotopic (exact) mass is 285 g/mol. The van der Waals surface area contributed by atoms with Gasteiger partial charge in [0.15, 0.2) is 0 Å². The van der Waals surface area contributed by atoms with Crippen molar-refractivity contribution in [2.24, 2.45) is 0 Å². The maximum atomic E-state index is 12.5. The molecule has 0 amide bonds. The molecule has 0 radical (unpaired) electrons. The second-order valence-corrected chi connectivity index (χ2v) is 6.89. The quantitative estimate of drug-likeness (QED) is 0.872. The average molecular weight is 285 g/mol. The molecule has 1 N–H and O–H groups in total. The summed E-state index contributed by atoms with van der Waals surface area (Å²) in [6, 6.07) is 3.39. The van der Waals surface area contributed by atoms with Gasteiger partial charge in [-0.25, -0.2) is 12.7 Å². The summed E-state index contributed by atoms with van der Waals surface area (Å²) >= 11 is 0. The highest BCUT2D eigenvalue weighted by Crippen LogP contribution is 2.24. The molecule has 0 aliphatic carbocycles. The third-order valence-corrected chi connectivity index (χ3v) is 5.36. The van der Waals surface area contributed by atoms with Crippen molar-refractivity contribution in [2.45, 2.75) is 45.1 Å². The Balaban J connectivity index is 3.24. The molecule has 0 aromatic heterocycles. The number of unbranched alkanes of at least 4 members (excludes halogenated alkanes) is 1. The molecular weight excluding hydrogens is 262 g/mol. The number of rotatable bonds is 6. The van der Waals surface area contributed by atoms with Gasteiger partial charge >= 0.3 is 0 Å². The second kappa shape index (κ2) is 6.50. The van der Waals surface area contributed by atoms with Crippen molar-refractivity contribution in [3.8, 4) is 0 Å². The maximum Gasteiger partial charge on any atom is 0.243 e. The van der Waals surface area contributed by atoms with Gasteiger partial charge in [0.05, 0.1) is 11.5 Å². The lowest BCUT2D eigenvalue weighted by molar-refractivity contribution is 0.281. The Kier molecular flexibility index (Phi) is 5.52. The van der Waals surface area contributed by atoms with Crippen molar-refractivity contribution in [3.05, 3.63) is 28.8 Å². The molecule has 19 heavy (non-hydrogen) atoms. The highest BCUT2D eigenvalue weighted by atomic mass is 32.2. The molecule has 0 spiro atoms. The molecule has 0 aliphatic rings. The lowest BCUT2D eigenvalue weighted by atomic mass is 10.1. The van der Waals surface area contributed by atoms with Crippen molar-refractivity contribution in [2.75, 3.05) is 13.6 Å². The third kappa shape index (κ3) is 3.55. The maximum absolute atomic E-state index is 12.5. The van der Waals surface area contributed by atoms with Crippen LogP contribution < -0.4 is 0 Å². The summed E-state index contributed by atoms with van der Waals surface area (Å²) in [5, 5.41) is 9.21. The van der Waals surface area contributed by atoms with Crippen LogP contribution in [0.25, 0.3) is 0 Å². The number of benzene rings is 1. The fraction of sp³-hybridized carbons (Fsp3) is 0.571. The standard InChI is InChI=1S/C14H23NO3S/c1-5-6-7-15(4)19(17,18)14-9-13(10-16)8-11(2)12(14)3/h8-9,16H,5-7,10H2,1-4H3. The summed E-state index contributed by atoms with van der Waals surface area (Å²) in [6.45, 7) is 6.06. The molecule has 4 nitrogen and oxygen atoms in total. The predicted octanol–water partition coefficient (Wildman–Crippen LogP) is 2.22. The molecule has 1 rings (SSSR count). The van der Waals surface area contributed by atoms with E-state index in [2.05, 4.69) is 0 Å². The summed E-state index contributed by atoms with van der Waals surface area (Å²) in [5.41, 5.74) is 2.26. The summed E-state index contributed by atoms with van der Waals surface area (Å²) in [4.78, 5) is 0.301. The second-order valence-electron chi connectivity index (χ2n) is 4.87. The van der Waals surface area contributed by atoms with Gasteiger partial charge in [-0.2, -0.15) is 0 Å². The van der Waals surface area contributed by atoms with Crippen molar-refractivity contribution < 1.29 is 13.5 Å². The van der Waals surface area contributed by atoms with Crippen molar-refractivity contribution >= 4 is 10.0 Å². The minimum absolute atomic E-state index is 0.150. The Labute approximate surface area is 116 Å². The zero-order valence-electron chi connectivity index (χ0n) is 12.1. The van der Waals surface area contributed by atoms with Crippen LogP contribution in [-0.4, -0.2) is 31.4 Å². The fourth-order valence-electron chi connectivity index (χ4n) is 1.93. The van der Waals surface area contributed by atoms with Crippen molar-refractivity contribution in [1.29, 1.82) is 0 Å². The van der Waals surface area contributed by atoms with Crippen molar-refractivity contribution in [3.63, 3.8) is 0 Å². The van der Waals surface area contributed by atoms with Crippen molar-refractivity contribution in [1.82, 2.24) is 4.31 Å². The lowest BCUT2D eigenvalue weighted by Crippen LogP contribution is -2.28. The molecular formula is C14H23NO3S. The van der Waals surface area contributed by atoms with Gasteiger partial charge in [-0.15, -0.1) is 0 Å². The molecule has 108 valence electrons. The van der Waals surface area contributed by atoms with E-state index < -0.39 is 10.0 Å². The van der Waals surface area contributed by atoms with Gasteiger partial charge in [0, 0.05) is 13.6 Å². The van der Waals surface area contributed by atoms with E-state index in [0.29, 0.717) is 17.0 Å². The lowest BCUT2D eigenvalue weighted by Gasteiger charge is -2.19. The number of aliphatic hydroxyl groups excluding tert-OH is 1. The largest absolute Gasteiger partial charge is 0.392 e. The number of nitrogens with zero attached hydrogens (tertiary/aromatic N) is 1. The highest BCUT2D eigenvalue weighted by Gasteiger charge is 2.23. The van der Waals surface area contributed by atoms with Gasteiger partial charge in [0.25, 0.3) is 0 Å². The Morgan fingerprint density at radius 1 is 1.26 bits per heavy atom. The molecule has 1 aromatic rings. The Bertz CT molecular complexity index is 538. The van der Waals surface area contributed by atoms with Crippen LogP contribution in [0.2, 0.25) is 0 Å². The number of sulfonamides is 1. The van der Waals surface area contributed by atoms with Gasteiger partial charge in [-0.1, -0.05) is 19.4 Å². The molecule has 0 aliphatic heterocycles. The SMILES string of the molecule is CCCCN(C)S(=O)(=O)c1cc(CO)cc(C)c1C. The van der Waals surface area contributed by atoms with Crippen LogP contribution >= 0.6 is 0 Å². The number of aliphatic hydroxyl groups is 1. The van der Waals surface area contributed by atoms with E-state index in [0.717, 1.165) is 24.0 Å². The molecule has 5 heteroatoms. The van der Waals surface area contributed by atoms with Crippen LogP contribution in [0.3, 0.4) is 0 Å². The molecule has 0 bridgehead atoms. The summed E-state index contributed by atoms with van der Waals surface area (Å²) in [6.07, 6.45) is 1.79. The summed E-state index contributed by atoms with van der Waals surface area (Å²) in [7, 11) is -1.87. The fourth-order valence-corrected chi connectivity index (χ4v) is 3.48. The first-order valence-electron chi connectivity index (χ1n) is 6.52. The molecule has 0 saturated heterocycles. The summed E-state index contributed by atoms with van der Waals surface area (Å²) in [5.74, 6) is 0. The zero-order valence-corrected chi connectivity index (χ0v) is 12.9. The Morgan fingerprint density at radius 3 is 2.42 bits per heavy atom. The van der Waals surface area contributed by atoms with E-state index in [1.165, 1.54) is 4.31 Å². The number of hydrogen-bond acceptors (Lipinski definition) is 3. The van der Waals surface area contributed by atoms with Gasteiger partial charge < -0.3 is 5.11 Å². The number of aryl methyl sites for hydroxylation is 1. The Morgan fingerprint density at radius 2 is 1.89 bits per heavy atom. The van der Waals surface area contributed by atoms with Crippen LogP contribution in [0, 0.1) is 13.8 Å². The molecule has 0 heterocycles. The van der Waals surface area contributed by atoms with Gasteiger partial charge in [0.2, 0.25) is 10.0 Å². The van der Waals surface area contributed by atoms with E-state index in [-0.39, 0.29) is 6.61 Å². The smallest absolute Gasteiger partial charge is 0.243 e. The van der Waals surface area contributed by atoms with Gasteiger partial charge in [-0.3, -0.25) is 0 Å². The molecule has 0 unspecified atom stereocenters.